The summed E-state index contributed by atoms with van der Waals surface area (Å²) >= 11 is 6.17. The summed E-state index contributed by atoms with van der Waals surface area (Å²) in [6.45, 7) is 7.37. The zero-order chi connectivity index (χ0) is 26.2. The first-order chi connectivity index (χ1) is 16.9. The van der Waals surface area contributed by atoms with Crippen molar-refractivity contribution in [3.8, 4) is 17.0 Å². The number of carbonyl (C=O) groups excluding carboxylic acids is 1. The molecule has 0 aliphatic heterocycles. The van der Waals surface area contributed by atoms with E-state index in [1.807, 2.05) is 0 Å². The molecule has 0 aliphatic rings. The van der Waals surface area contributed by atoms with Crippen LogP contribution < -0.4 is 21.3 Å². The normalized spacial score (nSPS) is 12.3. The van der Waals surface area contributed by atoms with Gasteiger partial charge in [0, 0.05) is 5.56 Å². The third-order valence-electron chi connectivity index (χ3n) is 5.16. The van der Waals surface area contributed by atoms with Crippen LogP contribution in [-0.2, 0) is 14.8 Å². The van der Waals surface area contributed by atoms with E-state index >= 15 is 0 Å². The van der Waals surface area contributed by atoms with Gasteiger partial charge in [-0.1, -0.05) is 18.2 Å². The number of halogens is 1. The zero-order valence-corrected chi connectivity index (χ0v) is 20.9. The molecule has 0 radical (unpaired) electrons. The highest BCUT2D eigenvalue weighted by Crippen LogP contribution is 2.27. The number of H-pyrrole nitrogens is 1. The smallest absolute Gasteiger partial charge is 0.339 e. The molecule has 0 spiro atoms. The van der Waals surface area contributed by atoms with E-state index in [-0.39, 0.29) is 26.8 Å². The van der Waals surface area contributed by atoms with Gasteiger partial charge in [0.2, 0.25) is 10.0 Å². The zero-order valence-electron chi connectivity index (χ0n) is 19.3. The van der Waals surface area contributed by atoms with Crippen molar-refractivity contribution in [2.24, 2.45) is 5.14 Å². The number of carbonyl (C=O) groups is 1. The van der Waals surface area contributed by atoms with E-state index in [1.165, 1.54) is 35.0 Å². The second kappa shape index (κ2) is 9.65. The summed E-state index contributed by atoms with van der Waals surface area (Å²) < 4.78 is 35.3. The lowest BCUT2D eigenvalue weighted by atomic mass is 10.1. The highest BCUT2D eigenvalue weighted by atomic mass is 35.5. The molecule has 2 heterocycles. The first-order valence-electron chi connectivity index (χ1n) is 10.7. The second-order valence-corrected chi connectivity index (χ2v) is 10.1. The van der Waals surface area contributed by atoms with Crippen LogP contribution in [0.2, 0.25) is 5.02 Å². The number of sulfonamides is 1. The average molecular weight is 528 g/mol. The van der Waals surface area contributed by atoms with Gasteiger partial charge in [-0.15, -0.1) is 0 Å². The summed E-state index contributed by atoms with van der Waals surface area (Å²) in [7, 11) is -3.85. The van der Waals surface area contributed by atoms with E-state index in [0.717, 1.165) is 0 Å². The lowest BCUT2D eigenvalue weighted by Crippen LogP contribution is -2.33. The lowest BCUT2D eigenvalue weighted by molar-refractivity contribution is 0.0378. The van der Waals surface area contributed by atoms with Crippen LogP contribution in [0.25, 0.3) is 29.7 Å². The fourth-order valence-corrected chi connectivity index (χ4v) is 4.16. The van der Waals surface area contributed by atoms with Gasteiger partial charge in [-0.3, -0.25) is 9.89 Å². The first kappa shape index (κ1) is 25.2. The molecule has 0 aliphatic carbocycles. The second-order valence-electron chi connectivity index (χ2n) is 8.18. The van der Waals surface area contributed by atoms with Gasteiger partial charge in [-0.05, 0) is 74.5 Å². The van der Waals surface area contributed by atoms with Gasteiger partial charge in [-0.2, -0.15) is 0 Å². The number of ether oxygens (including phenoxy) is 1. The maximum absolute atomic E-state index is 13.0. The quantitative estimate of drug-likeness (QED) is 0.370. The number of esters is 1. The number of hydrogen-bond donors (Lipinski definition) is 2. The monoisotopic (exact) mass is 527 g/mol. The molecule has 0 fully saturated rings. The van der Waals surface area contributed by atoms with Gasteiger partial charge in [-0.25, -0.2) is 23.0 Å². The summed E-state index contributed by atoms with van der Waals surface area (Å²) in [4.78, 5) is 25.3. The van der Waals surface area contributed by atoms with Crippen LogP contribution in [0.5, 0.6) is 0 Å². The first-order valence-corrected chi connectivity index (χ1v) is 12.6. The molecule has 0 atom stereocenters. The van der Waals surface area contributed by atoms with Gasteiger partial charge >= 0.3 is 5.97 Å². The molecule has 0 saturated heterocycles. The predicted molar refractivity (Wildman–Crippen MR) is 136 cm³/mol. The molecule has 2 aromatic heterocycles. The van der Waals surface area contributed by atoms with Gasteiger partial charge in [0.25, 0.3) is 5.56 Å². The molecule has 2 aromatic carbocycles. The number of furan rings is 1. The molecule has 0 bridgehead atoms. The molecule has 4 aromatic rings. The van der Waals surface area contributed by atoms with Crippen LogP contribution in [0.4, 0.5) is 0 Å². The molecule has 0 saturated carbocycles. The SMILES string of the molecule is C=c1[nH]n(-c2ccc(S(N)(=O)=O)cc2)c(=O)/c1=C\c1ccc(-c2ccc(Cl)c(C(=O)OC(C)C)c2)o1. The highest BCUT2D eigenvalue weighted by molar-refractivity contribution is 7.89. The Bertz CT molecular complexity index is 1730. The maximum Gasteiger partial charge on any atom is 0.339 e. The number of benzene rings is 2. The van der Waals surface area contributed by atoms with Gasteiger partial charge in [0.05, 0.1) is 37.8 Å². The van der Waals surface area contributed by atoms with E-state index in [0.29, 0.717) is 28.1 Å². The summed E-state index contributed by atoms with van der Waals surface area (Å²) in [6, 6.07) is 13.8. The average Bonchev–Trinajstić information content (AvgIpc) is 3.39. The molecule has 4 rings (SSSR count). The number of primary sulfonamides is 1. The van der Waals surface area contributed by atoms with Crippen LogP contribution in [0.3, 0.4) is 0 Å². The van der Waals surface area contributed by atoms with Crippen LogP contribution in [0.15, 0.2) is 68.7 Å². The highest BCUT2D eigenvalue weighted by Gasteiger charge is 2.16. The maximum atomic E-state index is 13.0. The van der Waals surface area contributed by atoms with Crippen LogP contribution in [0.1, 0.15) is 30.0 Å². The fourth-order valence-electron chi connectivity index (χ4n) is 3.45. The minimum Gasteiger partial charge on any atom is -0.459 e. The molecule has 186 valence electrons. The molecule has 9 nitrogen and oxygen atoms in total. The van der Waals surface area contributed by atoms with E-state index in [2.05, 4.69) is 11.7 Å². The van der Waals surface area contributed by atoms with Gasteiger partial charge in [0.1, 0.15) is 11.5 Å². The van der Waals surface area contributed by atoms with Crippen LogP contribution in [0, 0.1) is 0 Å². The van der Waals surface area contributed by atoms with E-state index in [9.17, 15) is 18.0 Å². The Balaban J connectivity index is 1.68. The van der Waals surface area contributed by atoms with Crippen molar-refractivity contribution in [2.45, 2.75) is 24.8 Å². The number of nitrogens with one attached hydrogen (secondary N) is 1. The topological polar surface area (TPSA) is 137 Å². The van der Waals surface area contributed by atoms with Crippen LogP contribution >= 0.6 is 11.6 Å². The fraction of sp³-hybridized carbons (Fsp3) is 0.120. The Hall–Kier alpha value is -3.86. The third-order valence-corrected chi connectivity index (χ3v) is 6.41. The molecule has 11 heteroatoms. The molecule has 36 heavy (non-hydrogen) atoms. The van der Waals surface area contributed by atoms with E-state index in [4.69, 9.17) is 25.9 Å². The standard InChI is InChI=1S/C25H22ClN3O6S/c1-14(2)34-25(31)21-12-16(4-10-22(21)26)23-11-7-18(35-23)13-20-15(3)28-29(24(20)30)17-5-8-19(9-6-17)36(27,32)33/h4-14,28H,3H2,1-2H3,(H2,27,32,33)/b20-13-. The van der Waals surface area contributed by atoms with Crippen molar-refractivity contribution in [3.63, 3.8) is 0 Å². The van der Waals surface area contributed by atoms with E-state index in [1.54, 1.807) is 44.2 Å². The van der Waals surface area contributed by atoms with Crippen molar-refractivity contribution in [1.82, 2.24) is 9.78 Å². The van der Waals surface area contributed by atoms with Crippen molar-refractivity contribution in [2.75, 3.05) is 0 Å². The Labute approximate surface area is 211 Å². The van der Waals surface area contributed by atoms with Crippen molar-refractivity contribution in [3.05, 3.63) is 91.9 Å². The van der Waals surface area contributed by atoms with Crippen molar-refractivity contribution in [1.29, 1.82) is 0 Å². The largest absolute Gasteiger partial charge is 0.459 e. The third kappa shape index (κ3) is 5.20. The summed E-state index contributed by atoms with van der Waals surface area (Å²) in [5.41, 5.74) is 0.809. The molecule has 0 unspecified atom stereocenters. The Morgan fingerprint density at radius 3 is 2.50 bits per heavy atom. The predicted octanol–water partition coefficient (Wildman–Crippen LogP) is 2.53. The minimum absolute atomic E-state index is 0.0709. The Morgan fingerprint density at radius 2 is 1.86 bits per heavy atom. The van der Waals surface area contributed by atoms with Crippen molar-refractivity contribution >= 4 is 40.2 Å². The van der Waals surface area contributed by atoms with Crippen LogP contribution in [-0.4, -0.2) is 30.3 Å². The van der Waals surface area contributed by atoms with Crippen molar-refractivity contribution < 1.29 is 22.4 Å². The Kier molecular flexibility index (Phi) is 6.77. The Morgan fingerprint density at radius 1 is 1.17 bits per heavy atom. The molecular formula is C25H22ClN3O6S. The summed E-state index contributed by atoms with van der Waals surface area (Å²) in [5.74, 6) is 0.294. The number of nitrogens with zero attached hydrogens (tertiary/aromatic N) is 1. The summed E-state index contributed by atoms with van der Waals surface area (Å²) in [6.07, 6.45) is 1.24. The van der Waals surface area contributed by atoms with E-state index < -0.39 is 21.6 Å². The lowest BCUT2D eigenvalue weighted by Gasteiger charge is -2.10. The number of rotatable bonds is 6. The number of nitrogens with two attached hydrogens (primary N) is 1. The van der Waals surface area contributed by atoms with Gasteiger partial charge < -0.3 is 9.15 Å². The number of hydrogen-bond acceptors (Lipinski definition) is 6. The van der Waals surface area contributed by atoms with Gasteiger partial charge in [0.15, 0.2) is 0 Å². The molecule has 0 amide bonds. The molecule has 3 N–H and O–H groups in total. The minimum atomic E-state index is -3.85. The summed E-state index contributed by atoms with van der Waals surface area (Å²) in [5, 5.41) is 8.83. The number of aromatic nitrogens is 2. The molecular weight excluding hydrogens is 506 g/mol. The number of aromatic amines is 1.